The van der Waals surface area contributed by atoms with E-state index in [1.807, 2.05) is 0 Å². The number of nitrogens with two attached hydrogens (primary N) is 1. The molecule has 1 saturated heterocycles. The van der Waals surface area contributed by atoms with Gasteiger partial charge in [0.15, 0.2) is 0 Å². The average Bonchev–Trinajstić information content (AvgIpc) is 3.25. The van der Waals surface area contributed by atoms with Gasteiger partial charge in [-0.1, -0.05) is 0 Å². The summed E-state index contributed by atoms with van der Waals surface area (Å²) in [7, 11) is 0. The maximum atomic E-state index is 12.4. The number of hydrogen-bond donors (Lipinski definition) is 7. The molecule has 4 amide bonds. The number of carboxylic acids is 2. The highest BCUT2D eigenvalue weighted by atomic mass is 16.4. The average molecular weight is 488 g/mol. The standard InChI is InChI=1S/C20H33N5O9/c1-11(27)23-14(10-26)18(31)24-13(9-16(28)29)17(30)22-7-3-2-5-12(21)19(32)25-8-4-6-15(25)20(33)34/h12-15,26H,2-10,21H2,1H3,(H,22,30)(H,23,27)(H,24,31)(H,28,29)(H,33,34)/t12-,13-,14-,15-/m0/s1. The quantitative estimate of drug-likeness (QED) is 0.124. The zero-order chi connectivity index (χ0) is 25.8. The van der Waals surface area contributed by atoms with Gasteiger partial charge in [-0.05, 0) is 32.1 Å². The van der Waals surface area contributed by atoms with Gasteiger partial charge in [0.2, 0.25) is 23.6 Å². The van der Waals surface area contributed by atoms with Crippen molar-refractivity contribution in [3.63, 3.8) is 0 Å². The Hall–Kier alpha value is -3.26. The summed E-state index contributed by atoms with van der Waals surface area (Å²) in [5.74, 6) is -5.11. The fraction of sp³-hybridized carbons (Fsp3) is 0.700. The molecule has 192 valence electrons. The lowest BCUT2D eigenvalue weighted by Gasteiger charge is -2.24. The first kappa shape index (κ1) is 28.8. The summed E-state index contributed by atoms with van der Waals surface area (Å²) in [5, 5.41) is 34.3. The number of carbonyl (C=O) groups is 6. The number of unbranched alkanes of at least 4 members (excludes halogenated alkanes) is 1. The highest BCUT2D eigenvalue weighted by Gasteiger charge is 2.35. The fourth-order valence-electron chi connectivity index (χ4n) is 3.54. The second kappa shape index (κ2) is 14.1. The van der Waals surface area contributed by atoms with E-state index in [0.717, 1.165) is 6.92 Å². The van der Waals surface area contributed by atoms with Crippen molar-refractivity contribution in [2.75, 3.05) is 19.7 Å². The Kier molecular flexibility index (Phi) is 11.9. The first-order valence-corrected chi connectivity index (χ1v) is 10.9. The van der Waals surface area contributed by atoms with Crippen LogP contribution >= 0.6 is 0 Å². The maximum Gasteiger partial charge on any atom is 0.326 e. The van der Waals surface area contributed by atoms with Gasteiger partial charge in [-0.15, -0.1) is 0 Å². The molecule has 0 unspecified atom stereocenters. The molecule has 34 heavy (non-hydrogen) atoms. The molecule has 0 aromatic heterocycles. The van der Waals surface area contributed by atoms with Crippen molar-refractivity contribution < 1.29 is 44.1 Å². The van der Waals surface area contributed by atoms with Crippen molar-refractivity contribution in [1.29, 1.82) is 0 Å². The molecular formula is C20H33N5O9. The molecule has 1 rings (SSSR count). The summed E-state index contributed by atoms with van der Waals surface area (Å²) in [6, 6.07) is -4.51. The van der Waals surface area contributed by atoms with E-state index in [4.69, 9.17) is 10.8 Å². The summed E-state index contributed by atoms with van der Waals surface area (Å²) in [5.41, 5.74) is 5.90. The van der Waals surface area contributed by atoms with Crippen LogP contribution in [-0.2, 0) is 28.8 Å². The van der Waals surface area contributed by atoms with Gasteiger partial charge in [0, 0.05) is 20.0 Å². The van der Waals surface area contributed by atoms with Gasteiger partial charge in [0.1, 0.15) is 18.1 Å². The summed E-state index contributed by atoms with van der Waals surface area (Å²) >= 11 is 0. The number of nitrogens with zero attached hydrogens (tertiary/aromatic N) is 1. The minimum atomic E-state index is -1.43. The molecule has 1 fully saturated rings. The maximum absolute atomic E-state index is 12.4. The normalized spacial score (nSPS) is 17.9. The second-order valence-corrected chi connectivity index (χ2v) is 8.02. The lowest BCUT2D eigenvalue weighted by molar-refractivity contribution is -0.148. The van der Waals surface area contributed by atoms with E-state index >= 15 is 0 Å². The van der Waals surface area contributed by atoms with Gasteiger partial charge in [-0.25, -0.2) is 4.79 Å². The van der Waals surface area contributed by atoms with Crippen LogP contribution in [-0.4, -0.2) is 99.7 Å². The van der Waals surface area contributed by atoms with Crippen molar-refractivity contribution in [3.05, 3.63) is 0 Å². The summed E-state index contributed by atoms with van der Waals surface area (Å²) in [4.78, 5) is 71.6. The third kappa shape index (κ3) is 9.31. The van der Waals surface area contributed by atoms with E-state index in [1.54, 1.807) is 0 Å². The molecule has 0 bridgehead atoms. The van der Waals surface area contributed by atoms with Crippen LogP contribution < -0.4 is 21.7 Å². The molecule has 0 aliphatic carbocycles. The van der Waals surface area contributed by atoms with E-state index < -0.39 is 72.8 Å². The first-order chi connectivity index (χ1) is 16.0. The minimum absolute atomic E-state index is 0.113. The number of carboxylic acid groups (broad SMARTS) is 2. The Morgan fingerprint density at radius 2 is 1.71 bits per heavy atom. The zero-order valence-corrected chi connectivity index (χ0v) is 19.0. The highest BCUT2D eigenvalue weighted by Crippen LogP contribution is 2.19. The number of carbonyl (C=O) groups excluding carboxylic acids is 4. The number of aliphatic hydroxyl groups is 1. The Morgan fingerprint density at radius 1 is 1.03 bits per heavy atom. The number of aliphatic hydroxyl groups excluding tert-OH is 1. The molecule has 1 aliphatic heterocycles. The minimum Gasteiger partial charge on any atom is -0.481 e. The molecular weight excluding hydrogens is 454 g/mol. The van der Waals surface area contributed by atoms with Gasteiger partial charge in [0.05, 0.1) is 19.1 Å². The molecule has 0 aromatic rings. The van der Waals surface area contributed by atoms with Gasteiger partial charge >= 0.3 is 11.9 Å². The number of likely N-dealkylation sites (tertiary alicyclic amines) is 1. The fourth-order valence-corrected chi connectivity index (χ4v) is 3.54. The van der Waals surface area contributed by atoms with Crippen LogP contribution in [0.1, 0.15) is 45.4 Å². The van der Waals surface area contributed by atoms with Crippen molar-refractivity contribution in [2.45, 2.75) is 69.6 Å². The van der Waals surface area contributed by atoms with Crippen molar-refractivity contribution in [3.8, 4) is 0 Å². The Labute approximate surface area is 196 Å². The van der Waals surface area contributed by atoms with Crippen molar-refractivity contribution in [2.24, 2.45) is 5.73 Å². The van der Waals surface area contributed by atoms with Crippen LogP contribution in [0.5, 0.6) is 0 Å². The first-order valence-electron chi connectivity index (χ1n) is 10.9. The molecule has 0 radical (unpaired) electrons. The van der Waals surface area contributed by atoms with E-state index in [-0.39, 0.29) is 13.0 Å². The van der Waals surface area contributed by atoms with E-state index in [2.05, 4.69) is 16.0 Å². The van der Waals surface area contributed by atoms with Gasteiger partial charge in [-0.2, -0.15) is 0 Å². The Morgan fingerprint density at radius 3 is 2.26 bits per heavy atom. The molecule has 14 heteroatoms. The Bertz CT molecular complexity index is 776. The number of nitrogens with one attached hydrogen (secondary N) is 3. The monoisotopic (exact) mass is 487 g/mol. The SMILES string of the molecule is CC(=O)N[C@@H](CO)C(=O)N[C@@H](CC(=O)O)C(=O)NCCCC[C@H](N)C(=O)N1CCC[C@H]1C(=O)O. The predicted octanol–water partition coefficient (Wildman–Crippen LogP) is -2.87. The second-order valence-electron chi connectivity index (χ2n) is 8.02. The largest absolute Gasteiger partial charge is 0.481 e. The Balaban J connectivity index is 2.48. The third-order valence-electron chi connectivity index (χ3n) is 5.27. The van der Waals surface area contributed by atoms with E-state index in [0.29, 0.717) is 32.2 Å². The number of rotatable bonds is 14. The van der Waals surface area contributed by atoms with Crippen molar-refractivity contribution in [1.82, 2.24) is 20.9 Å². The molecule has 0 saturated carbocycles. The predicted molar refractivity (Wildman–Crippen MR) is 116 cm³/mol. The zero-order valence-electron chi connectivity index (χ0n) is 19.0. The van der Waals surface area contributed by atoms with Crippen LogP contribution in [0.2, 0.25) is 0 Å². The summed E-state index contributed by atoms with van der Waals surface area (Å²) < 4.78 is 0. The molecule has 14 nitrogen and oxygen atoms in total. The topological polar surface area (TPSA) is 228 Å². The van der Waals surface area contributed by atoms with Crippen molar-refractivity contribution >= 4 is 35.6 Å². The summed E-state index contributed by atoms with van der Waals surface area (Å²) in [6.45, 7) is 0.848. The molecule has 1 aliphatic rings. The molecule has 1 heterocycles. The third-order valence-corrected chi connectivity index (χ3v) is 5.27. The van der Waals surface area contributed by atoms with Gasteiger partial charge < -0.3 is 41.9 Å². The lowest BCUT2D eigenvalue weighted by Crippen LogP contribution is -2.55. The highest BCUT2D eigenvalue weighted by molar-refractivity contribution is 5.93. The number of amides is 4. The number of hydrogen-bond acceptors (Lipinski definition) is 8. The lowest BCUT2D eigenvalue weighted by atomic mass is 10.1. The van der Waals surface area contributed by atoms with E-state index in [1.165, 1.54) is 4.90 Å². The van der Waals surface area contributed by atoms with Crippen LogP contribution in [0.3, 0.4) is 0 Å². The van der Waals surface area contributed by atoms with Gasteiger partial charge in [-0.3, -0.25) is 24.0 Å². The molecule has 4 atom stereocenters. The smallest absolute Gasteiger partial charge is 0.326 e. The van der Waals surface area contributed by atoms with Crippen LogP contribution in [0.4, 0.5) is 0 Å². The van der Waals surface area contributed by atoms with E-state index in [9.17, 15) is 39.0 Å². The molecule has 0 aromatic carbocycles. The van der Waals surface area contributed by atoms with Gasteiger partial charge in [0.25, 0.3) is 0 Å². The molecule has 0 spiro atoms. The van der Waals surface area contributed by atoms with Crippen LogP contribution in [0.25, 0.3) is 0 Å². The van der Waals surface area contributed by atoms with Crippen LogP contribution in [0.15, 0.2) is 0 Å². The molecule has 8 N–H and O–H groups in total. The number of aliphatic carboxylic acids is 2. The van der Waals surface area contributed by atoms with Crippen LogP contribution in [0, 0.1) is 0 Å². The summed E-state index contributed by atoms with van der Waals surface area (Å²) in [6.07, 6.45) is 1.37.